The molecule has 0 spiro atoms. The van der Waals surface area contributed by atoms with E-state index in [1.54, 1.807) is 114 Å². The summed E-state index contributed by atoms with van der Waals surface area (Å²) in [6, 6.07) is 45.2. The second-order valence-corrected chi connectivity index (χ2v) is 41.6. The third-order valence-corrected chi connectivity index (χ3v) is 29.8. The van der Waals surface area contributed by atoms with Gasteiger partial charge in [0.05, 0.1) is 82.7 Å². The lowest BCUT2D eigenvalue weighted by atomic mass is 9.98. The average molecular weight is 1890 g/mol. The Morgan fingerprint density at radius 2 is 0.854 bits per heavy atom. The van der Waals surface area contributed by atoms with Crippen LogP contribution in [0.25, 0.3) is 51.1 Å². The third-order valence-electron chi connectivity index (χ3n) is 21.6. The highest BCUT2D eigenvalue weighted by Gasteiger charge is 2.33. The molecule has 0 aliphatic rings. The highest BCUT2D eigenvalue weighted by atomic mass is 32.2. The van der Waals surface area contributed by atoms with Crippen molar-refractivity contribution >= 4 is 206 Å². The van der Waals surface area contributed by atoms with E-state index in [1.165, 1.54) is 51.4 Å². The van der Waals surface area contributed by atoms with Gasteiger partial charge in [-0.15, -0.1) is 20.5 Å². The first-order valence-corrected chi connectivity index (χ1v) is 49.2. The van der Waals surface area contributed by atoms with Crippen molar-refractivity contribution in [3.05, 3.63) is 245 Å². The quantitative estimate of drug-likeness (QED) is 0.0248. The number of hydrogen-bond acceptors (Lipinski definition) is 32. The molecule has 0 aliphatic carbocycles. The molecule has 0 amide bonds. The number of benzene rings is 8. The number of fused-ring (bicyclic) bond motifs is 4. The van der Waals surface area contributed by atoms with Crippen molar-refractivity contribution in [3.8, 4) is 22.4 Å². The molecular formula is C90H84N20O12S8. The lowest BCUT2D eigenvalue weighted by Crippen LogP contribution is -2.18. The number of azo groups is 2. The summed E-state index contributed by atoms with van der Waals surface area (Å²) in [6.07, 6.45) is 0. The lowest BCUT2D eigenvalue weighted by Gasteiger charge is -2.28. The number of nitriles is 2. The van der Waals surface area contributed by atoms with Crippen LogP contribution in [0.1, 0.15) is 112 Å². The van der Waals surface area contributed by atoms with E-state index in [-0.39, 0.29) is 60.0 Å². The number of pyridine rings is 2. The van der Waals surface area contributed by atoms with Crippen LogP contribution in [-0.4, -0.2) is 106 Å². The van der Waals surface area contributed by atoms with Crippen molar-refractivity contribution < 1.29 is 51.1 Å². The molecule has 8 heterocycles. The van der Waals surface area contributed by atoms with Crippen molar-refractivity contribution in [2.75, 3.05) is 34.7 Å². The van der Waals surface area contributed by atoms with Crippen LogP contribution in [0.4, 0.5) is 79.3 Å². The van der Waals surface area contributed by atoms with Gasteiger partial charge in [-0.25, -0.2) is 29.9 Å². The Morgan fingerprint density at radius 1 is 0.423 bits per heavy atom. The van der Waals surface area contributed by atoms with E-state index in [1.807, 2.05) is 55.5 Å². The second kappa shape index (κ2) is 35.8. The number of hydrogen-bond donors (Lipinski definition) is 4. The minimum atomic E-state index is -4.51. The number of aromatic nitrogens is 10. The monoisotopic (exact) mass is 1890 g/mol. The van der Waals surface area contributed by atoms with Gasteiger partial charge < -0.3 is 10.6 Å². The van der Waals surface area contributed by atoms with Gasteiger partial charge in [-0.2, -0.15) is 63.8 Å². The van der Waals surface area contributed by atoms with Gasteiger partial charge in [-0.1, -0.05) is 123 Å². The number of anilines is 10. The normalized spacial score (nSPS) is 12.1. The smallest absolute Gasteiger partial charge is 0.297 e. The molecule has 0 atom stereocenters. The number of para-hydroxylation sites is 2. The molecule has 40 heteroatoms. The summed E-state index contributed by atoms with van der Waals surface area (Å²) in [5.41, 5.74) is 18.6. The molecule has 130 heavy (non-hydrogen) atoms. The molecule has 32 nitrogen and oxygen atoms in total. The highest BCUT2D eigenvalue weighted by Crippen LogP contribution is 2.50. The van der Waals surface area contributed by atoms with Crippen LogP contribution in [0, 0.1) is 133 Å². The first-order valence-electron chi connectivity index (χ1n) is 39.9. The number of thiazole rings is 4. The van der Waals surface area contributed by atoms with Crippen LogP contribution in [-0.2, 0) is 60.3 Å². The van der Waals surface area contributed by atoms with Gasteiger partial charge in [0.15, 0.2) is 33.5 Å². The van der Waals surface area contributed by atoms with E-state index in [2.05, 4.69) is 115 Å². The minimum absolute atomic E-state index is 0.0148. The molecule has 4 N–H and O–H groups in total. The van der Waals surface area contributed by atoms with Gasteiger partial charge in [0.1, 0.15) is 62.7 Å². The molecule has 16 rings (SSSR count). The molecule has 0 bridgehead atoms. The van der Waals surface area contributed by atoms with E-state index in [4.69, 9.17) is 53.7 Å². The molecule has 8 aromatic carbocycles. The molecule has 664 valence electrons. The van der Waals surface area contributed by atoms with Gasteiger partial charge in [0.25, 0.3) is 40.5 Å². The maximum atomic E-state index is 13.6. The standard InChI is InChI=1S/C47H46N10O12S6.C43H38N10S2/c1-23-15-24(2)40(28(6)34(23)22-73(61,62)63)52-44-41(53-54-45-33(20-48)30(8)55-57(45)47-50-35-13-11-31(18-37(35)71-47)21-72(58,59)60)25(3)17-39(51-44)56(42-26(4)16-27(5)43(29(42)7)75(66,67)69-10)46-49-36-14-12-32(19-38(36)70-46)74(64,65)68-9;1-23-17-25(3)37(26(4)18-23)48-40-38(49-50-41-31(22-44)30(8)51-53(41)43-46-33-14-10-12-16-35(33)55-43)27(5)21-36(47-40)52(39-28(6)19-24(2)20-29(39)7)42-45-32-13-9-11-15-34(32)54-42/h11-19H,21-22H2,1-10H3,(H,51,52)(H,58,59,60)(H,61,62,63);9-21H,1-8H3,(H,47,48). The van der Waals surface area contributed by atoms with E-state index in [9.17, 15) is 53.3 Å². The SMILES string of the molecule is COS(=O)(=O)c1ccc2nc(N(c3cc(C)c(N=Nc4c(C#N)c(C)nn4-c4nc5ccc(CS(=O)(=O)O)cc5s4)c(Nc4c(C)cc(C)c(CS(=O)(=O)O)c4C)n3)c3c(C)cc(C)c(S(=O)(=O)OC)c3C)sc2c1.Cc1cc(C)c(Nc2nc(N(c3nc4ccccc4s3)c3c(C)cc(C)cc3C)cc(C)c2N=Nc2c(C#N)c(C)nn2-c2nc3ccccc3s2)c(C)c1. The number of nitrogens with zero attached hydrogens (tertiary/aromatic N) is 18. The number of nitrogens with one attached hydrogen (secondary N) is 2. The average Bonchev–Trinajstić information content (AvgIpc) is 1.15. The Labute approximate surface area is 765 Å². The molecule has 8 aromatic heterocycles. The number of rotatable bonds is 24. The molecule has 0 aliphatic heterocycles. The predicted octanol–water partition coefficient (Wildman–Crippen LogP) is 22.4. The van der Waals surface area contributed by atoms with Crippen LogP contribution < -0.4 is 20.4 Å². The molecule has 0 fully saturated rings. The summed E-state index contributed by atoms with van der Waals surface area (Å²) < 4.78 is 136. The van der Waals surface area contributed by atoms with Gasteiger partial charge in [-0.05, 0) is 255 Å². The highest BCUT2D eigenvalue weighted by molar-refractivity contribution is 7.87. The zero-order valence-electron chi connectivity index (χ0n) is 73.4. The van der Waals surface area contributed by atoms with Crippen molar-refractivity contribution in [1.82, 2.24) is 49.5 Å². The molecule has 0 saturated heterocycles. The molecule has 0 saturated carbocycles. The van der Waals surface area contributed by atoms with Crippen LogP contribution >= 0.6 is 45.3 Å². The maximum Gasteiger partial charge on any atom is 0.297 e. The minimum Gasteiger partial charge on any atom is -0.338 e. The summed E-state index contributed by atoms with van der Waals surface area (Å²) in [7, 11) is -15.2. The van der Waals surface area contributed by atoms with Crippen molar-refractivity contribution in [2.24, 2.45) is 20.5 Å². The third kappa shape index (κ3) is 18.4. The maximum absolute atomic E-state index is 13.6. The molecule has 0 unspecified atom stereocenters. The van der Waals surface area contributed by atoms with E-state index in [0.717, 1.165) is 102 Å². The Kier molecular flexibility index (Phi) is 25.3. The van der Waals surface area contributed by atoms with Crippen LogP contribution in [0.2, 0.25) is 0 Å². The fraction of sp³-hybridized carbons (Fsp3) is 0.222. The van der Waals surface area contributed by atoms with E-state index >= 15 is 0 Å². The largest absolute Gasteiger partial charge is 0.338 e. The molecular weight excluding hydrogens is 1810 g/mol. The predicted molar refractivity (Wildman–Crippen MR) is 510 cm³/mol. The Morgan fingerprint density at radius 3 is 1.36 bits per heavy atom. The van der Waals surface area contributed by atoms with Crippen molar-refractivity contribution in [3.63, 3.8) is 0 Å². The molecule has 0 radical (unpaired) electrons. The Bertz CT molecular complexity index is 7930. The first kappa shape index (κ1) is 91.8. The van der Waals surface area contributed by atoms with E-state index < -0.39 is 52.0 Å². The Balaban J connectivity index is 0.000000209. The van der Waals surface area contributed by atoms with Gasteiger partial charge in [0, 0.05) is 11.4 Å². The first-order chi connectivity index (χ1) is 61.5. The fourth-order valence-corrected chi connectivity index (χ4v) is 23.1. The molecule has 16 aromatic rings. The fourth-order valence-electron chi connectivity index (χ4n) is 15.9. The zero-order chi connectivity index (χ0) is 93.4. The summed E-state index contributed by atoms with van der Waals surface area (Å²) in [5.74, 6) is 0.289. The topological polar surface area (TPSA) is 436 Å². The number of aryl methyl sites for hydroxylation is 14. The van der Waals surface area contributed by atoms with Crippen LogP contribution in [0.5, 0.6) is 0 Å². The van der Waals surface area contributed by atoms with Gasteiger partial charge >= 0.3 is 0 Å². The van der Waals surface area contributed by atoms with Gasteiger partial charge in [-0.3, -0.25) is 27.3 Å². The summed E-state index contributed by atoms with van der Waals surface area (Å²) in [4.78, 5) is 33.5. The van der Waals surface area contributed by atoms with Crippen LogP contribution in [0.15, 0.2) is 164 Å². The van der Waals surface area contributed by atoms with Gasteiger partial charge in [0.2, 0.25) is 10.3 Å². The second-order valence-electron chi connectivity index (χ2n) is 31.3. The van der Waals surface area contributed by atoms with Crippen LogP contribution in [0.3, 0.4) is 0 Å². The zero-order valence-corrected chi connectivity index (χ0v) is 79.9. The van der Waals surface area contributed by atoms with Crippen molar-refractivity contribution in [1.29, 1.82) is 10.5 Å². The van der Waals surface area contributed by atoms with Crippen molar-refractivity contribution in [2.45, 2.75) is 132 Å². The lowest BCUT2D eigenvalue weighted by molar-refractivity contribution is 0.396. The Hall–Kier alpha value is -12.9. The summed E-state index contributed by atoms with van der Waals surface area (Å²) >= 11 is 5.29. The summed E-state index contributed by atoms with van der Waals surface area (Å²) in [6.45, 7) is 29.9. The summed E-state index contributed by atoms with van der Waals surface area (Å²) in [5, 5.41) is 57.8. The van der Waals surface area contributed by atoms with E-state index in [0.29, 0.717) is 116 Å².